The van der Waals surface area contributed by atoms with Crippen LogP contribution >= 0.6 is 11.3 Å². The molecule has 0 saturated heterocycles. The molecule has 6 heteroatoms. The molecule has 112 valence electrons. The van der Waals surface area contributed by atoms with Crippen molar-refractivity contribution < 1.29 is 4.79 Å². The van der Waals surface area contributed by atoms with Gasteiger partial charge in [0.1, 0.15) is 0 Å². The molecule has 0 radical (unpaired) electrons. The number of hydrogen-bond acceptors (Lipinski definition) is 5. The minimum atomic E-state index is -0.0844. The van der Waals surface area contributed by atoms with Crippen LogP contribution in [0.25, 0.3) is 0 Å². The van der Waals surface area contributed by atoms with Crippen molar-refractivity contribution in [3.63, 3.8) is 0 Å². The summed E-state index contributed by atoms with van der Waals surface area (Å²) in [5, 5.41) is 15.4. The monoisotopic (exact) mass is 296 g/mol. The van der Waals surface area contributed by atoms with Crippen LogP contribution in [-0.2, 0) is 0 Å². The zero-order valence-corrected chi connectivity index (χ0v) is 13.3. The van der Waals surface area contributed by atoms with Gasteiger partial charge in [-0.1, -0.05) is 32.1 Å². The zero-order valence-electron chi connectivity index (χ0n) is 12.5. The second-order valence-electron chi connectivity index (χ2n) is 5.78. The first kappa shape index (κ1) is 15.2. The van der Waals surface area contributed by atoms with E-state index in [0.29, 0.717) is 10.9 Å². The fourth-order valence-corrected chi connectivity index (χ4v) is 3.22. The minimum Gasteiger partial charge on any atom is -0.360 e. The average molecular weight is 296 g/mol. The molecule has 1 aromatic rings. The van der Waals surface area contributed by atoms with Crippen LogP contribution in [0.3, 0.4) is 0 Å². The maximum Gasteiger partial charge on any atom is 0.282 e. The molecule has 5 nitrogen and oxygen atoms in total. The van der Waals surface area contributed by atoms with E-state index in [1.54, 1.807) is 0 Å². The lowest BCUT2D eigenvalue weighted by atomic mass is 9.79. The number of aromatic nitrogens is 2. The van der Waals surface area contributed by atoms with Gasteiger partial charge in [0.2, 0.25) is 10.1 Å². The van der Waals surface area contributed by atoms with E-state index in [0.717, 1.165) is 36.9 Å². The number of hydrogen-bond donors (Lipinski definition) is 2. The summed E-state index contributed by atoms with van der Waals surface area (Å²) in [6, 6.07) is 0.282. The third-order valence-electron chi connectivity index (χ3n) is 4.08. The predicted octanol–water partition coefficient (Wildman–Crippen LogP) is 2.91. The van der Waals surface area contributed by atoms with Gasteiger partial charge in [-0.25, -0.2) is 0 Å². The van der Waals surface area contributed by atoms with Crippen molar-refractivity contribution in [2.24, 2.45) is 11.8 Å². The van der Waals surface area contributed by atoms with Gasteiger partial charge in [0.25, 0.3) is 5.91 Å². The molecule has 20 heavy (non-hydrogen) atoms. The number of nitrogens with one attached hydrogen (secondary N) is 2. The Hall–Kier alpha value is -1.17. The third-order valence-corrected chi connectivity index (χ3v) is 4.96. The van der Waals surface area contributed by atoms with Crippen LogP contribution in [0, 0.1) is 11.8 Å². The molecule has 3 unspecified atom stereocenters. The van der Waals surface area contributed by atoms with Gasteiger partial charge in [-0.2, -0.15) is 0 Å². The van der Waals surface area contributed by atoms with Crippen molar-refractivity contribution >= 4 is 22.4 Å². The summed E-state index contributed by atoms with van der Waals surface area (Å²) >= 11 is 1.33. The van der Waals surface area contributed by atoms with Crippen molar-refractivity contribution in [3.05, 3.63) is 5.01 Å². The number of carbonyl (C=O) groups excluding carboxylic acids is 1. The number of amides is 1. The van der Waals surface area contributed by atoms with E-state index in [4.69, 9.17) is 0 Å². The second kappa shape index (κ2) is 7.02. The fraction of sp³-hybridized carbons (Fsp3) is 0.786. The van der Waals surface area contributed by atoms with Gasteiger partial charge in [-0.3, -0.25) is 4.79 Å². The molecule has 1 saturated carbocycles. The van der Waals surface area contributed by atoms with Crippen LogP contribution < -0.4 is 10.6 Å². The first-order valence-electron chi connectivity index (χ1n) is 7.48. The van der Waals surface area contributed by atoms with Crippen molar-refractivity contribution in [2.45, 2.75) is 52.5 Å². The number of anilines is 1. The maximum atomic E-state index is 12.2. The van der Waals surface area contributed by atoms with Gasteiger partial charge in [0.15, 0.2) is 0 Å². The van der Waals surface area contributed by atoms with E-state index in [2.05, 4.69) is 41.6 Å². The second-order valence-corrected chi connectivity index (χ2v) is 6.75. The lowest BCUT2D eigenvalue weighted by Crippen LogP contribution is -2.39. The Kier molecular flexibility index (Phi) is 5.34. The van der Waals surface area contributed by atoms with Gasteiger partial charge < -0.3 is 10.6 Å². The summed E-state index contributed by atoms with van der Waals surface area (Å²) in [7, 11) is 0. The van der Waals surface area contributed by atoms with Crippen LogP contribution in [0.5, 0.6) is 0 Å². The van der Waals surface area contributed by atoms with Gasteiger partial charge in [-0.05, 0) is 37.5 Å². The molecule has 0 bridgehead atoms. The standard InChI is InChI=1S/C14H24N4OS/c1-4-7-15-14-18-17-13(20-14)12(19)16-11-6-5-9(2)10(3)8-11/h9-11H,4-8H2,1-3H3,(H,15,18)(H,16,19). The molecule has 1 heterocycles. The van der Waals surface area contributed by atoms with Crippen molar-refractivity contribution in [1.82, 2.24) is 15.5 Å². The smallest absolute Gasteiger partial charge is 0.282 e. The van der Waals surface area contributed by atoms with Crippen molar-refractivity contribution in [2.75, 3.05) is 11.9 Å². The SMILES string of the molecule is CCCNc1nnc(C(=O)NC2CCC(C)C(C)C2)s1. The average Bonchev–Trinajstić information content (AvgIpc) is 2.89. The lowest BCUT2D eigenvalue weighted by molar-refractivity contribution is 0.0909. The molecule has 1 fully saturated rings. The largest absolute Gasteiger partial charge is 0.360 e. The molecule has 1 aliphatic rings. The zero-order chi connectivity index (χ0) is 14.5. The first-order chi connectivity index (χ1) is 9.60. The lowest BCUT2D eigenvalue weighted by Gasteiger charge is -2.32. The van der Waals surface area contributed by atoms with Gasteiger partial charge in [0, 0.05) is 12.6 Å². The highest BCUT2D eigenvalue weighted by molar-refractivity contribution is 7.17. The van der Waals surface area contributed by atoms with Gasteiger partial charge in [-0.15, -0.1) is 10.2 Å². The molecule has 0 aliphatic heterocycles. The third kappa shape index (κ3) is 3.91. The number of nitrogens with zero attached hydrogens (tertiary/aromatic N) is 2. The van der Waals surface area contributed by atoms with E-state index in [9.17, 15) is 4.79 Å². The summed E-state index contributed by atoms with van der Waals surface area (Å²) in [5.74, 6) is 1.35. The topological polar surface area (TPSA) is 66.9 Å². The summed E-state index contributed by atoms with van der Waals surface area (Å²) in [6.45, 7) is 7.50. The molecule has 1 aliphatic carbocycles. The Morgan fingerprint density at radius 3 is 2.80 bits per heavy atom. The summed E-state index contributed by atoms with van der Waals surface area (Å²) < 4.78 is 0. The Bertz CT molecular complexity index is 448. The van der Waals surface area contributed by atoms with Crippen molar-refractivity contribution in [1.29, 1.82) is 0 Å². The number of carbonyl (C=O) groups is 1. The van der Waals surface area contributed by atoms with E-state index in [-0.39, 0.29) is 11.9 Å². The van der Waals surface area contributed by atoms with Gasteiger partial charge >= 0.3 is 0 Å². The Balaban J connectivity index is 1.86. The summed E-state index contributed by atoms with van der Waals surface area (Å²) in [6.07, 6.45) is 4.34. The Morgan fingerprint density at radius 1 is 1.30 bits per heavy atom. The molecule has 0 spiro atoms. The molecule has 0 aromatic carbocycles. The van der Waals surface area contributed by atoms with Crippen LogP contribution in [0.1, 0.15) is 56.3 Å². The molecule has 1 amide bonds. The quantitative estimate of drug-likeness (QED) is 0.876. The van der Waals surface area contributed by atoms with E-state index < -0.39 is 0 Å². The minimum absolute atomic E-state index is 0.0844. The van der Waals surface area contributed by atoms with Crippen LogP contribution in [0.2, 0.25) is 0 Å². The molecule has 1 aromatic heterocycles. The van der Waals surface area contributed by atoms with Crippen LogP contribution in [0.15, 0.2) is 0 Å². The highest BCUT2D eigenvalue weighted by Crippen LogP contribution is 2.29. The molecular formula is C14H24N4OS. The molecule has 2 rings (SSSR count). The highest BCUT2D eigenvalue weighted by Gasteiger charge is 2.26. The van der Waals surface area contributed by atoms with E-state index in [1.807, 2.05) is 0 Å². The maximum absolute atomic E-state index is 12.2. The van der Waals surface area contributed by atoms with Crippen molar-refractivity contribution in [3.8, 4) is 0 Å². The number of rotatable bonds is 5. The molecule has 3 atom stereocenters. The van der Waals surface area contributed by atoms with Gasteiger partial charge in [0.05, 0.1) is 0 Å². The Morgan fingerprint density at radius 2 is 2.10 bits per heavy atom. The predicted molar refractivity (Wildman–Crippen MR) is 82.1 cm³/mol. The highest BCUT2D eigenvalue weighted by atomic mass is 32.1. The van der Waals surface area contributed by atoms with Crippen LogP contribution in [0.4, 0.5) is 5.13 Å². The van der Waals surface area contributed by atoms with Crippen LogP contribution in [-0.4, -0.2) is 28.7 Å². The molecular weight excluding hydrogens is 272 g/mol. The fourth-order valence-electron chi connectivity index (χ4n) is 2.54. The van der Waals surface area contributed by atoms with E-state index in [1.165, 1.54) is 17.8 Å². The summed E-state index contributed by atoms with van der Waals surface area (Å²) in [4.78, 5) is 12.2. The first-order valence-corrected chi connectivity index (χ1v) is 8.30. The summed E-state index contributed by atoms with van der Waals surface area (Å²) in [5.41, 5.74) is 0. The normalized spacial score (nSPS) is 26.2. The molecule has 2 N–H and O–H groups in total. The Labute approximate surface area is 124 Å². The van der Waals surface area contributed by atoms with E-state index >= 15 is 0 Å².